The highest BCUT2D eigenvalue weighted by Gasteiger charge is 2.30. The number of ether oxygens (including phenoxy) is 1. The van der Waals surface area contributed by atoms with E-state index in [9.17, 15) is 5.11 Å². The highest BCUT2D eigenvalue weighted by atomic mass is 16.5. The highest BCUT2D eigenvalue weighted by molar-refractivity contribution is 5.72. The summed E-state index contributed by atoms with van der Waals surface area (Å²) in [7, 11) is 1.93. The molecule has 1 fully saturated rings. The third-order valence-electron chi connectivity index (χ3n) is 5.44. The maximum atomic E-state index is 10.1. The van der Waals surface area contributed by atoms with E-state index in [0.717, 1.165) is 48.8 Å². The van der Waals surface area contributed by atoms with Crippen LogP contribution >= 0.6 is 0 Å². The van der Waals surface area contributed by atoms with Gasteiger partial charge in [-0.1, -0.05) is 0 Å². The minimum atomic E-state index is -0.639. The van der Waals surface area contributed by atoms with Crippen LogP contribution in [0.15, 0.2) is 12.4 Å². The molecule has 0 radical (unpaired) electrons. The number of anilines is 3. The monoisotopic (exact) mass is 373 g/mol. The molecule has 0 bridgehead atoms. The minimum absolute atomic E-state index is 0.0719. The van der Waals surface area contributed by atoms with Crippen molar-refractivity contribution >= 4 is 17.5 Å². The number of hydrogen-bond donors (Lipinski definition) is 3. The van der Waals surface area contributed by atoms with Gasteiger partial charge in [-0.15, -0.1) is 0 Å². The number of rotatable bonds is 4. The Morgan fingerprint density at radius 1 is 1.33 bits per heavy atom. The fourth-order valence-corrected chi connectivity index (χ4v) is 3.53. The van der Waals surface area contributed by atoms with E-state index >= 15 is 0 Å². The molecular weight excluding hydrogens is 346 g/mol. The molecule has 146 valence electrons. The molecule has 0 amide bonds. The van der Waals surface area contributed by atoms with Gasteiger partial charge in [-0.3, -0.25) is 4.68 Å². The lowest BCUT2D eigenvalue weighted by Gasteiger charge is -2.37. The van der Waals surface area contributed by atoms with Gasteiger partial charge in [-0.25, -0.2) is 4.98 Å². The molecule has 0 spiro atoms. The molecule has 4 heterocycles. The normalized spacial score (nSPS) is 23.0. The maximum absolute atomic E-state index is 10.1. The Morgan fingerprint density at radius 2 is 2.11 bits per heavy atom. The summed E-state index contributed by atoms with van der Waals surface area (Å²) in [4.78, 5) is 11.1. The standard InChI is InChI=1S/C18H27N7O2/c1-11-15-16(24(3)12(2)17(26)22-15)23-18(21-11)19-8-13-9-20-25(10-13)14-4-6-27-7-5-14/h9-10,12,14,17,22,26H,4-8H2,1-3H3,(H,19,21,23)/t12-,17?/m0/s1. The van der Waals surface area contributed by atoms with Crippen LogP contribution in [-0.2, 0) is 11.3 Å². The Kier molecular flexibility index (Phi) is 4.88. The fraction of sp³-hybridized carbons (Fsp3) is 0.611. The van der Waals surface area contributed by atoms with Gasteiger partial charge >= 0.3 is 0 Å². The van der Waals surface area contributed by atoms with Crippen LogP contribution in [0.2, 0.25) is 0 Å². The summed E-state index contributed by atoms with van der Waals surface area (Å²) in [5, 5.41) is 21.0. The Labute approximate surface area is 158 Å². The van der Waals surface area contributed by atoms with E-state index in [1.54, 1.807) is 0 Å². The molecule has 0 aliphatic carbocycles. The zero-order valence-electron chi connectivity index (χ0n) is 16.0. The van der Waals surface area contributed by atoms with Gasteiger partial charge in [0.05, 0.1) is 24.0 Å². The van der Waals surface area contributed by atoms with Gasteiger partial charge in [-0.2, -0.15) is 10.1 Å². The molecule has 2 aromatic rings. The zero-order chi connectivity index (χ0) is 19.0. The number of aliphatic hydroxyl groups is 1. The molecule has 4 rings (SSSR count). The topological polar surface area (TPSA) is 100 Å². The SMILES string of the molecule is Cc1nc(NCc2cnn(C3CCOCC3)c2)nc2c1NC(O)[C@H](C)N2C. The van der Waals surface area contributed by atoms with Crippen molar-refractivity contribution in [3.63, 3.8) is 0 Å². The Morgan fingerprint density at radius 3 is 2.89 bits per heavy atom. The lowest BCUT2D eigenvalue weighted by Crippen LogP contribution is -2.48. The summed E-state index contributed by atoms with van der Waals surface area (Å²) in [5.41, 5.74) is 2.68. The molecule has 3 N–H and O–H groups in total. The van der Waals surface area contributed by atoms with Gasteiger partial charge in [0, 0.05) is 38.6 Å². The Hall–Kier alpha value is -2.39. The van der Waals surface area contributed by atoms with Gasteiger partial charge in [0.2, 0.25) is 5.95 Å². The van der Waals surface area contributed by atoms with Gasteiger partial charge in [0.25, 0.3) is 0 Å². The number of likely N-dealkylation sites (N-methyl/N-ethyl adjacent to an activating group) is 1. The molecule has 2 aliphatic rings. The summed E-state index contributed by atoms with van der Waals surface area (Å²) in [6, 6.07) is 0.347. The van der Waals surface area contributed by atoms with Gasteiger partial charge in [-0.05, 0) is 26.7 Å². The van der Waals surface area contributed by atoms with Crippen molar-refractivity contribution < 1.29 is 9.84 Å². The highest BCUT2D eigenvalue weighted by Crippen LogP contribution is 2.33. The summed E-state index contributed by atoms with van der Waals surface area (Å²) in [6.07, 6.45) is 5.34. The van der Waals surface area contributed by atoms with Crippen LogP contribution < -0.4 is 15.5 Å². The molecule has 1 unspecified atom stereocenters. The molecule has 27 heavy (non-hydrogen) atoms. The number of hydrogen-bond acceptors (Lipinski definition) is 8. The van der Waals surface area contributed by atoms with Gasteiger partial charge in [0.1, 0.15) is 11.9 Å². The largest absolute Gasteiger partial charge is 0.381 e. The number of aliphatic hydroxyl groups excluding tert-OH is 1. The van der Waals surface area contributed by atoms with Crippen molar-refractivity contribution in [1.82, 2.24) is 19.7 Å². The molecular formula is C18H27N7O2. The molecule has 2 aromatic heterocycles. The van der Waals surface area contributed by atoms with E-state index in [0.29, 0.717) is 18.5 Å². The number of fused-ring (bicyclic) bond motifs is 1. The Balaban J connectivity index is 1.46. The van der Waals surface area contributed by atoms with Crippen molar-refractivity contribution in [2.45, 2.75) is 51.5 Å². The summed E-state index contributed by atoms with van der Waals surface area (Å²) >= 11 is 0. The predicted octanol–water partition coefficient (Wildman–Crippen LogP) is 1.51. The summed E-state index contributed by atoms with van der Waals surface area (Å²) in [5.74, 6) is 1.36. The van der Waals surface area contributed by atoms with Crippen LogP contribution in [0, 0.1) is 6.92 Å². The number of nitrogens with zero attached hydrogens (tertiary/aromatic N) is 5. The van der Waals surface area contributed by atoms with E-state index in [1.165, 1.54) is 0 Å². The van der Waals surface area contributed by atoms with Crippen LogP contribution in [0.1, 0.15) is 37.1 Å². The van der Waals surface area contributed by atoms with E-state index in [4.69, 9.17) is 4.74 Å². The average molecular weight is 373 g/mol. The van der Waals surface area contributed by atoms with Crippen LogP contribution in [0.3, 0.4) is 0 Å². The predicted molar refractivity (Wildman–Crippen MR) is 103 cm³/mol. The maximum Gasteiger partial charge on any atom is 0.225 e. The fourth-order valence-electron chi connectivity index (χ4n) is 3.53. The average Bonchev–Trinajstić information content (AvgIpc) is 3.15. The number of nitrogens with one attached hydrogen (secondary N) is 2. The Bertz CT molecular complexity index is 803. The molecule has 1 saturated heterocycles. The summed E-state index contributed by atoms with van der Waals surface area (Å²) < 4.78 is 7.46. The van der Waals surface area contributed by atoms with Gasteiger partial charge < -0.3 is 25.4 Å². The van der Waals surface area contributed by atoms with E-state index in [1.807, 2.05) is 36.7 Å². The first-order chi connectivity index (χ1) is 13.0. The first kappa shape index (κ1) is 18.0. The van der Waals surface area contributed by atoms with E-state index < -0.39 is 6.23 Å². The van der Waals surface area contributed by atoms with Crippen LogP contribution in [0.4, 0.5) is 17.5 Å². The molecule has 0 saturated carbocycles. The third-order valence-corrected chi connectivity index (χ3v) is 5.44. The second kappa shape index (κ2) is 7.32. The first-order valence-electron chi connectivity index (χ1n) is 9.43. The van der Waals surface area contributed by atoms with Crippen molar-refractivity contribution in [3.05, 3.63) is 23.7 Å². The smallest absolute Gasteiger partial charge is 0.225 e. The lowest BCUT2D eigenvalue weighted by atomic mass is 10.1. The van der Waals surface area contributed by atoms with Crippen LogP contribution in [-0.4, -0.2) is 57.4 Å². The lowest BCUT2D eigenvalue weighted by molar-refractivity contribution is 0.0662. The minimum Gasteiger partial charge on any atom is -0.381 e. The number of aromatic nitrogens is 4. The van der Waals surface area contributed by atoms with Crippen LogP contribution in [0.5, 0.6) is 0 Å². The molecule has 9 heteroatoms. The summed E-state index contributed by atoms with van der Waals surface area (Å²) in [6.45, 7) is 6.08. The molecule has 2 atom stereocenters. The molecule has 0 aromatic carbocycles. The quantitative estimate of drug-likeness (QED) is 0.742. The second-order valence-electron chi connectivity index (χ2n) is 7.30. The number of aryl methyl sites for hydroxylation is 1. The second-order valence-corrected chi connectivity index (χ2v) is 7.30. The van der Waals surface area contributed by atoms with Gasteiger partial charge in [0.15, 0.2) is 5.82 Å². The first-order valence-corrected chi connectivity index (χ1v) is 9.43. The van der Waals surface area contributed by atoms with Crippen molar-refractivity contribution in [3.8, 4) is 0 Å². The zero-order valence-corrected chi connectivity index (χ0v) is 16.0. The van der Waals surface area contributed by atoms with Crippen molar-refractivity contribution in [2.24, 2.45) is 0 Å². The van der Waals surface area contributed by atoms with E-state index in [-0.39, 0.29) is 6.04 Å². The van der Waals surface area contributed by atoms with Crippen molar-refractivity contribution in [2.75, 3.05) is 35.8 Å². The molecule has 2 aliphatic heterocycles. The molecule has 9 nitrogen and oxygen atoms in total. The van der Waals surface area contributed by atoms with Crippen molar-refractivity contribution in [1.29, 1.82) is 0 Å². The van der Waals surface area contributed by atoms with Crippen LogP contribution in [0.25, 0.3) is 0 Å². The third kappa shape index (κ3) is 3.57. The van der Waals surface area contributed by atoms with E-state index in [2.05, 4.69) is 31.9 Å².